The molecule has 3 aliphatic carbocycles. The molecule has 0 heterocycles. The lowest BCUT2D eigenvalue weighted by atomic mass is 9.60. The molecule has 3 rings (SSSR count). The van der Waals surface area contributed by atoms with Crippen LogP contribution in [-0.2, 0) is 4.79 Å². The van der Waals surface area contributed by atoms with E-state index in [9.17, 15) is 25.2 Å². The third kappa shape index (κ3) is 7.65. The van der Waals surface area contributed by atoms with Gasteiger partial charge in [0.25, 0.3) is 0 Å². The van der Waals surface area contributed by atoms with Gasteiger partial charge < -0.3 is 20.4 Å². The van der Waals surface area contributed by atoms with Gasteiger partial charge in [0.05, 0.1) is 17.8 Å². The Kier molecular flexibility index (Phi) is 9.70. The van der Waals surface area contributed by atoms with Crippen molar-refractivity contribution in [3.8, 4) is 0 Å². The second-order valence-electron chi connectivity index (χ2n) is 13.6. The second-order valence-corrected chi connectivity index (χ2v) is 13.6. The molecule has 5 nitrogen and oxygen atoms in total. The van der Waals surface area contributed by atoms with E-state index < -0.39 is 23.4 Å². The minimum absolute atomic E-state index is 0.0902. The van der Waals surface area contributed by atoms with Crippen LogP contribution in [0.5, 0.6) is 0 Å². The number of Topliss-reactive ketones (excluding diaryl/α,β-unsaturated/α-hetero) is 1. The van der Waals surface area contributed by atoms with Gasteiger partial charge in [0, 0.05) is 12.8 Å². The maximum absolute atomic E-state index is 12.6. The van der Waals surface area contributed by atoms with Gasteiger partial charge in [0.1, 0.15) is 5.60 Å². The van der Waals surface area contributed by atoms with Crippen molar-refractivity contribution in [3.05, 3.63) is 35.5 Å². The number of carbonyl (C=O) groups is 1. The summed E-state index contributed by atoms with van der Waals surface area (Å²) in [5.74, 6) is 1.31. The van der Waals surface area contributed by atoms with Crippen LogP contribution in [0.4, 0.5) is 0 Å². The zero-order valence-corrected chi connectivity index (χ0v) is 23.9. The number of ketones is 1. The van der Waals surface area contributed by atoms with Gasteiger partial charge in [-0.1, -0.05) is 44.1 Å². The molecule has 0 aromatic carbocycles. The van der Waals surface area contributed by atoms with Crippen LogP contribution in [0, 0.1) is 23.2 Å². The minimum atomic E-state index is -1.29. The average Bonchev–Trinajstić information content (AvgIpc) is 3.13. The van der Waals surface area contributed by atoms with Crippen molar-refractivity contribution >= 4 is 5.78 Å². The van der Waals surface area contributed by atoms with E-state index in [1.54, 1.807) is 13.8 Å². The lowest BCUT2D eigenvalue weighted by Gasteiger charge is -2.45. The third-order valence-electron chi connectivity index (χ3n) is 9.66. The fourth-order valence-electron chi connectivity index (χ4n) is 7.48. The van der Waals surface area contributed by atoms with Crippen LogP contribution < -0.4 is 0 Å². The largest absolute Gasteiger partial charge is 0.393 e. The Morgan fingerprint density at radius 1 is 1.14 bits per heavy atom. The third-order valence-corrected chi connectivity index (χ3v) is 9.66. The van der Waals surface area contributed by atoms with Gasteiger partial charge in [-0.3, -0.25) is 4.79 Å². The van der Waals surface area contributed by atoms with E-state index in [4.69, 9.17) is 0 Å². The Bertz CT molecular complexity index is 886. The van der Waals surface area contributed by atoms with Gasteiger partial charge >= 0.3 is 0 Å². The van der Waals surface area contributed by atoms with Crippen molar-refractivity contribution < 1.29 is 25.2 Å². The first kappa shape index (κ1) is 30.3. The highest BCUT2D eigenvalue weighted by molar-refractivity contribution is 5.86. The number of fused-ring (bicyclic) bond motifs is 1. The summed E-state index contributed by atoms with van der Waals surface area (Å²) in [5, 5.41) is 40.8. The molecule has 37 heavy (non-hydrogen) atoms. The van der Waals surface area contributed by atoms with Crippen molar-refractivity contribution in [3.63, 3.8) is 0 Å². The summed E-state index contributed by atoms with van der Waals surface area (Å²) in [7, 11) is 0. The number of rotatable bonds is 10. The number of allylic oxidation sites excluding steroid dienone is 3. The van der Waals surface area contributed by atoms with Gasteiger partial charge in [0.2, 0.25) is 0 Å². The standard InChI is InChI=1S/C32H52O5/c1-21-24(19-25(33)20-28(21)34)12-11-22-10-8-18-32(6)26(22)14-15-27(32)23(9-7-17-30(2,3)36)13-16-29(35)31(4,5)37/h11-12,23,25-28,33-34,36-37H,1,7-10,13-20H2,2-6H3/t23-,25+,26?,27+,28?,32-/m0/s1. The number of aliphatic hydroxyl groups is 4. The smallest absolute Gasteiger partial charge is 0.163 e. The van der Waals surface area contributed by atoms with Crippen molar-refractivity contribution in [1.29, 1.82) is 0 Å². The molecule has 2 unspecified atom stereocenters. The minimum Gasteiger partial charge on any atom is -0.393 e. The number of aliphatic hydroxyl groups excluding tert-OH is 2. The molecule has 0 radical (unpaired) electrons. The Hall–Kier alpha value is -1.27. The maximum Gasteiger partial charge on any atom is 0.163 e. The topological polar surface area (TPSA) is 98.0 Å². The highest BCUT2D eigenvalue weighted by Crippen LogP contribution is 2.60. The van der Waals surface area contributed by atoms with E-state index >= 15 is 0 Å². The Morgan fingerprint density at radius 3 is 2.49 bits per heavy atom. The summed E-state index contributed by atoms with van der Waals surface area (Å²) in [6, 6.07) is 0. The van der Waals surface area contributed by atoms with E-state index in [2.05, 4.69) is 25.7 Å². The van der Waals surface area contributed by atoms with Crippen molar-refractivity contribution in [1.82, 2.24) is 0 Å². The van der Waals surface area contributed by atoms with Gasteiger partial charge in [-0.05, 0) is 113 Å². The van der Waals surface area contributed by atoms with E-state index in [0.717, 1.165) is 62.5 Å². The zero-order valence-electron chi connectivity index (χ0n) is 23.9. The molecule has 0 saturated heterocycles. The molecule has 3 saturated carbocycles. The number of carbonyl (C=O) groups excluding carboxylic acids is 1. The predicted molar refractivity (Wildman–Crippen MR) is 149 cm³/mol. The van der Waals surface area contributed by atoms with Crippen LogP contribution >= 0.6 is 0 Å². The second kappa shape index (κ2) is 11.9. The highest BCUT2D eigenvalue weighted by Gasteiger charge is 2.51. The lowest BCUT2D eigenvalue weighted by molar-refractivity contribution is -0.134. The van der Waals surface area contributed by atoms with Crippen LogP contribution in [0.25, 0.3) is 0 Å². The first-order chi connectivity index (χ1) is 17.1. The molecule has 0 spiro atoms. The molecule has 0 aliphatic heterocycles. The molecule has 0 aromatic heterocycles. The zero-order chi connectivity index (χ0) is 27.6. The number of hydrogen-bond donors (Lipinski definition) is 4. The van der Waals surface area contributed by atoms with Crippen LogP contribution in [0.2, 0.25) is 0 Å². The van der Waals surface area contributed by atoms with Gasteiger partial charge in [-0.15, -0.1) is 0 Å². The van der Waals surface area contributed by atoms with Crippen LogP contribution in [0.3, 0.4) is 0 Å². The average molecular weight is 517 g/mol. The fraction of sp³-hybridized carbons (Fsp3) is 0.781. The first-order valence-electron chi connectivity index (χ1n) is 14.5. The van der Waals surface area contributed by atoms with Crippen molar-refractivity contribution in [2.24, 2.45) is 23.2 Å². The number of hydrogen-bond acceptors (Lipinski definition) is 5. The van der Waals surface area contributed by atoms with Crippen molar-refractivity contribution in [2.75, 3.05) is 0 Å². The molecule has 3 fully saturated rings. The molecule has 6 atom stereocenters. The molecular formula is C32H52O5. The SMILES string of the molecule is C=C1C(=CC=C2CCC[C@@]3(C)C2CC[C@@H]3[C@@H](CCCC(C)(C)O)CCC(=O)C(C)(C)O)C[C@@H](O)CC1O. The molecule has 0 bridgehead atoms. The fourth-order valence-corrected chi connectivity index (χ4v) is 7.48. The van der Waals surface area contributed by atoms with E-state index in [1.165, 1.54) is 12.0 Å². The Morgan fingerprint density at radius 2 is 1.84 bits per heavy atom. The molecule has 4 N–H and O–H groups in total. The summed E-state index contributed by atoms with van der Waals surface area (Å²) in [6.45, 7) is 13.4. The maximum atomic E-state index is 12.6. The normalized spacial score (nSPS) is 34.1. The molecule has 0 aromatic rings. The summed E-state index contributed by atoms with van der Waals surface area (Å²) < 4.78 is 0. The molecular weight excluding hydrogens is 464 g/mol. The molecule has 3 aliphatic rings. The van der Waals surface area contributed by atoms with Crippen molar-refractivity contribution in [2.45, 2.75) is 135 Å². The van der Waals surface area contributed by atoms with Gasteiger partial charge in [-0.2, -0.15) is 0 Å². The summed E-state index contributed by atoms with van der Waals surface area (Å²) in [4.78, 5) is 12.6. The Balaban J connectivity index is 1.79. The summed E-state index contributed by atoms with van der Waals surface area (Å²) in [5.41, 5.74) is 1.34. The van der Waals surface area contributed by atoms with Crippen LogP contribution in [-0.4, -0.2) is 49.6 Å². The van der Waals surface area contributed by atoms with Crippen LogP contribution in [0.1, 0.15) is 112 Å². The van der Waals surface area contributed by atoms with Crippen LogP contribution in [0.15, 0.2) is 35.5 Å². The van der Waals surface area contributed by atoms with E-state index in [-0.39, 0.29) is 11.2 Å². The highest BCUT2D eigenvalue weighted by atomic mass is 16.3. The van der Waals surface area contributed by atoms with E-state index in [1.807, 2.05) is 13.8 Å². The van der Waals surface area contributed by atoms with E-state index in [0.29, 0.717) is 37.0 Å². The predicted octanol–water partition coefficient (Wildman–Crippen LogP) is 5.81. The molecule has 210 valence electrons. The Labute approximate surface area is 224 Å². The quantitative estimate of drug-likeness (QED) is 0.294. The summed E-state index contributed by atoms with van der Waals surface area (Å²) in [6.07, 6.45) is 13.6. The lowest BCUT2D eigenvalue weighted by Crippen LogP contribution is -2.37. The monoisotopic (exact) mass is 516 g/mol. The molecule has 5 heteroatoms. The van der Waals surface area contributed by atoms with Gasteiger partial charge in [-0.25, -0.2) is 0 Å². The summed E-state index contributed by atoms with van der Waals surface area (Å²) >= 11 is 0. The molecule has 0 amide bonds. The van der Waals surface area contributed by atoms with Gasteiger partial charge in [0.15, 0.2) is 5.78 Å². The first-order valence-corrected chi connectivity index (χ1v) is 14.5.